The van der Waals surface area contributed by atoms with Crippen LogP contribution >= 0.6 is 0 Å². The fourth-order valence-corrected chi connectivity index (χ4v) is 2.92. The van der Waals surface area contributed by atoms with Crippen LogP contribution in [-0.4, -0.2) is 47.3 Å². The molecular weight excluding hydrogens is 383 g/mol. The number of carbonyl (C=O) groups excluding carboxylic acids is 2. The molecule has 9 heteroatoms. The highest BCUT2D eigenvalue weighted by molar-refractivity contribution is 5.89. The number of carbonyl (C=O) groups is 2. The molecule has 0 saturated carbocycles. The van der Waals surface area contributed by atoms with Crippen molar-refractivity contribution >= 4 is 17.7 Å². The molecule has 0 N–H and O–H groups in total. The van der Waals surface area contributed by atoms with Gasteiger partial charge < -0.3 is 14.4 Å². The van der Waals surface area contributed by atoms with Gasteiger partial charge in [-0.25, -0.2) is 14.0 Å². The third-order valence-corrected chi connectivity index (χ3v) is 4.52. The highest BCUT2D eigenvalue weighted by Gasteiger charge is 2.35. The Morgan fingerprint density at radius 1 is 1.14 bits per heavy atom. The van der Waals surface area contributed by atoms with Crippen molar-refractivity contribution < 1.29 is 28.4 Å². The van der Waals surface area contributed by atoms with E-state index >= 15 is 0 Å². The molecule has 1 fully saturated rings. The molecular formula is C20H19FN2O6. The van der Waals surface area contributed by atoms with E-state index in [0.717, 1.165) is 5.56 Å². The van der Waals surface area contributed by atoms with Crippen LogP contribution in [0.25, 0.3) is 0 Å². The minimum Gasteiger partial charge on any atom is -0.456 e. The van der Waals surface area contributed by atoms with Gasteiger partial charge in [-0.3, -0.25) is 10.1 Å². The zero-order valence-electron chi connectivity index (χ0n) is 15.4. The van der Waals surface area contributed by atoms with Gasteiger partial charge in [0, 0.05) is 25.1 Å². The first-order valence-corrected chi connectivity index (χ1v) is 8.99. The molecule has 152 valence electrons. The number of alkyl halides is 1. The van der Waals surface area contributed by atoms with Gasteiger partial charge in [0.15, 0.2) is 6.17 Å². The minimum atomic E-state index is -1.56. The van der Waals surface area contributed by atoms with Crippen LogP contribution in [0.5, 0.6) is 0 Å². The molecule has 8 nitrogen and oxygen atoms in total. The van der Waals surface area contributed by atoms with Crippen molar-refractivity contribution in [2.45, 2.75) is 25.3 Å². The number of nitrogens with zero attached hydrogens (tertiary/aromatic N) is 2. The van der Waals surface area contributed by atoms with Crippen molar-refractivity contribution in [2.24, 2.45) is 0 Å². The summed E-state index contributed by atoms with van der Waals surface area (Å²) in [6, 6.07) is 14.0. The third kappa shape index (κ3) is 5.28. The van der Waals surface area contributed by atoms with Crippen molar-refractivity contribution in [3.05, 3.63) is 75.8 Å². The number of likely N-dealkylation sites (tertiary alicyclic amines) is 1. The van der Waals surface area contributed by atoms with E-state index in [1.807, 2.05) is 30.3 Å². The van der Waals surface area contributed by atoms with E-state index in [2.05, 4.69) is 0 Å². The average Bonchev–Trinajstić information content (AvgIpc) is 2.74. The fraction of sp³-hybridized carbons (Fsp3) is 0.300. The molecule has 0 unspecified atom stereocenters. The quantitative estimate of drug-likeness (QED) is 0.431. The normalized spacial score (nSPS) is 18.7. The maximum absolute atomic E-state index is 14.5. The second-order valence-electron chi connectivity index (χ2n) is 6.54. The smallest absolute Gasteiger partial charge is 0.410 e. The maximum Gasteiger partial charge on any atom is 0.410 e. The highest BCUT2D eigenvalue weighted by Crippen LogP contribution is 2.21. The van der Waals surface area contributed by atoms with Gasteiger partial charge in [-0.1, -0.05) is 30.3 Å². The Bertz CT molecular complexity index is 874. The Morgan fingerprint density at radius 2 is 1.83 bits per heavy atom. The summed E-state index contributed by atoms with van der Waals surface area (Å²) in [6.45, 7) is 0.0315. The highest BCUT2D eigenvalue weighted by atomic mass is 19.1. The second kappa shape index (κ2) is 9.13. The topological polar surface area (TPSA) is 99.0 Å². The largest absolute Gasteiger partial charge is 0.456 e. The van der Waals surface area contributed by atoms with Crippen LogP contribution in [0.4, 0.5) is 14.9 Å². The minimum absolute atomic E-state index is 0.0890. The second-order valence-corrected chi connectivity index (χ2v) is 6.54. The lowest BCUT2D eigenvalue weighted by atomic mass is 10.1. The van der Waals surface area contributed by atoms with E-state index in [4.69, 9.17) is 9.47 Å². The molecule has 0 aromatic heterocycles. The Morgan fingerprint density at radius 3 is 2.45 bits per heavy atom. The van der Waals surface area contributed by atoms with Crippen LogP contribution in [0.15, 0.2) is 54.6 Å². The summed E-state index contributed by atoms with van der Waals surface area (Å²) in [5, 5.41) is 10.7. The van der Waals surface area contributed by atoms with E-state index in [9.17, 15) is 24.1 Å². The summed E-state index contributed by atoms with van der Waals surface area (Å²) in [5.41, 5.74) is 0.754. The molecule has 2 aromatic carbocycles. The number of non-ortho nitro benzene ring substituents is 1. The molecule has 0 radical (unpaired) electrons. The van der Waals surface area contributed by atoms with Crippen molar-refractivity contribution in [3.8, 4) is 0 Å². The number of hydrogen-bond acceptors (Lipinski definition) is 6. The first-order valence-electron chi connectivity index (χ1n) is 8.99. The van der Waals surface area contributed by atoms with Gasteiger partial charge in [0.05, 0.1) is 17.0 Å². The molecule has 1 amide bonds. The number of nitro groups is 1. The molecule has 1 saturated heterocycles. The average molecular weight is 402 g/mol. The molecule has 1 aliphatic rings. The Balaban J connectivity index is 1.49. The number of rotatable bonds is 5. The van der Waals surface area contributed by atoms with Gasteiger partial charge in [0.2, 0.25) is 0 Å². The lowest BCUT2D eigenvalue weighted by Crippen LogP contribution is -2.48. The van der Waals surface area contributed by atoms with Gasteiger partial charge in [-0.2, -0.15) is 0 Å². The van der Waals surface area contributed by atoms with E-state index in [1.54, 1.807) is 0 Å². The first-order chi connectivity index (χ1) is 13.9. The van der Waals surface area contributed by atoms with Gasteiger partial charge in [0.25, 0.3) is 5.69 Å². The maximum atomic E-state index is 14.5. The lowest BCUT2D eigenvalue weighted by Gasteiger charge is -2.33. The Hall–Kier alpha value is -3.49. The van der Waals surface area contributed by atoms with Crippen molar-refractivity contribution in [3.63, 3.8) is 0 Å². The molecule has 0 spiro atoms. The van der Waals surface area contributed by atoms with Crippen LogP contribution in [0, 0.1) is 10.1 Å². The number of hydrogen-bond donors (Lipinski definition) is 0. The Labute approximate surface area is 166 Å². The summed E-state index contributed by atoms with van der Waals surface area (Å²) in [7, 11) is 0. The number of ether oxygens (including phenoxy) is 2. The predicted octanol–water partition coefficient (Wildman–Crippen LogP) is 3.50. The van der Waals surface area contributed by atoms with Crippen LogP contribution in [0.1, 0.15) is 22.3 Å². The van der Waals surface area contributed by atoms with Gasteiger partial charge in [0.1, 0.15) is 12.7 Å². The summed E-state index contributed by atoms with van der Waals surface area (Å²) in [5.74, 6) is -0.771. The molecule has 0 bridgehead atoms. The van der Waals surface area contributed by atoms with Crippen molar-refractivity contribution in [1.29, 1.82) is 0 Å². The third-order valence-electron chi connectivity index (χ3n) is 4.52. The van der Waals surface area contributed by atoms with Gasteiger partial charge in [-0.05, 0) is 17.7 Å². The molecule has 2 atom stereocenters. The number of benzene rings is 2. The Kier molecular flexibility index (Phi) is 6.38. The molecule has 2 aromatic rings. The fourth-order valence-electron chi connectivity index (χ4n) is 2.92. The summed E-state index contributed by atoms with van der Waals surface area (Å²) in [6.07, 6.45) is -3.07. The number of esters is 1. The number of amides is 1. The van der Waals surface area contributed by atoms with Crippen LogP contribution in [0.3, 0.4) is 0 Å². The number of piperidine rings is 1. The van der Waals surface area contributed by atoms with E-state index < -0.39 is 29.3 Å². The molecule has 1 heterocycles. The SMILES string of the molecule is O=C(O[C@H]1CCN(C(=O)OCc2ccccc2)C[C@@H]1F)c1ccc([N+](=O)[O-])cc1. The van der Waals surface area contributed by atoms with Gasteiger partial charge in [-0.15, -0.1) is 0 Å². The number of nitro benzene ring substituents is 1. The molecule has 0 aliphatic carbocycles. The number of halogens is 1. The zero-order valence-corrected chi connectivity index (χ0v) is 15.4. The van der Waals surface area contributed by atoms with Crippen LogP contribution < -0.4 is 0 Å². The molecule has 1 aliphatic heterocycles. The van der Waals surface area contributed by atoms with E-state index in [-0.39, 0.29) is 37.4 Å². The molecule has 3 rings (SSSR count). The monoisotopic (exact) mass is 402 g/mol. The van der Waals surface area contributed by atoms with Crippen LogP contribution in [-0.2, 0) is 16.1 Å². The van der Waals surface area contributed by atoms with Gasteiger partial charge >= 0.3 is 12.1 Å². The van der Waals surface area contributed by atoms with E-state index in [1.165, 1.54) is 29.2 Å². The summed E-state index contributed by atoms with van der Waals surface area (Å²) < 4.78 is 24.8. The molecule has 29 heavy (non-hydrogen) atoms. The van der Waals surface area contributed by atoms with Crippen molar-refractivity contribution in [2.75, 3.05) is 13.1 Å². The predicted molar refractivity (Wildman–Crippen MR) is 100 cm³/mol. The summed E-state index contributed by atoms with van der Waals surface area (Å²) in [4.78, 5) is 35.6. The van der Waals surface area contributed by atoms with Crippen LogP contribution in [0.2, 0.25) is 0 Å². The van der Waals surface area contributed by atoms with Crippen molar-refractivity contribution in [1.82, 2.24) is 4.90 Å². The van der Waals surface area contributed by atoms with E-state index in [0.29, 0.717) is 0 Å². The first kappa shape index (κ1) is 20.2. The standard InChI is InChI=1S/C20H19FN2O6/c21-17-12-22(20(25)28-13-14-4-2-1-3-5-14)11-10-18(17)29-19(24)15-6-8-16(9-7-15)23(26)27/h1-9,17-18H,10-13H2/t17-,18-/m0/s1. The summed E-state index contributed by atoms with van der Waals surface area (Å²) >= 11 is 0. The zero-order chi connectivity index (χ0) is 20.8. The lowest BCUT2D eigenvalue weighted by molar-refractivity contribution is -0.384.